The van der Waals surface area contributed by atoms with Gasteiger partial charge in [-0.05, 0) is 37.6 Å². The zero-order valence-electron chi connectivity index (χ0n) is 14.2. The first-order chi connectivity index (χ1) is 11.1. The number of nitrogens with zero attached hydrogens (tertiary/aromatic N) is 2. The van der Waals surface area contributed by atoms with E-state index in [0.717, 1.165) is 30.8 Å². The molecule has 0 spiro atoms. The first-order valence-electron chi connectivity index (χ1n) is 8.35. The second kappa shape index (κ2) is 7.99. The smallest absolute Gasteiger partial charge is 0.227 e. The summed E-state index contributed by atoms with van der Waals surface area (Å²) in [5, 5.41) is 0. The molecule has 23 heavy (non-hydrogen) atoms. The fraction of sp³-hybridized carbons (Fsp3) is 0.556. The molecule has 5 heteroatoms. The molecule has 0 aliphatic carbocycles. The summed E-state index contributed by atoms with van der Waals surface area (Å²) in [5.74, 6) is 0.627. The molecule has 1 aromatic carbocycles. The Morgan fingerprint density at radius 1 is 1.30 bits per heavy atom. The molecule has 1 aromatic rings. The van der Waals surface area contributed by atoms with Crippen LogP contribution in [0.15, 0.2) is 24.3 Å². The zero-order valence-corrected chi connectivity index (χ0v) is 14.2. The van der Waals surface area contributed by atoms with Crippen molar-refractivity contribution in [3.8, 4) is 5.75 Å². The van der Waals surface area contributed by atoms with Gasteiger partial charge in [-0.3, -0.25) is 9.59 Å². The Kier molecular flexibility index (Phi) is 6.02. The molecule has 1 fully saturated rings. The number of amides is 2. The number of carbonyl (C=O) groups is 2. The maximum Gasteiger partial charge on any atom is 0.227 e. The Bertz CT molecular complexity index is 542. The first-order valence-corrected chi connectivity index (χ1v) is 8.35. The number of hydrogen-bond acceptors (Lipinski definition) is 3. The number of carbonyl (C=O) groups excluding carboxylic acids is 2. The topological polar surface area (TPSA) is 49.9 Å². The highest BCUT2D eigenvalue weighted by molar-refractivity contribution is 6.00. The van der Waals surface area contributed by atoms with Crippen molar-refractivity contribution < 1.29 is 14.3 Å². The van der Waals surface area contributed by atoms with Gasteiger partial charge in [0.05, 0.1) is 12.5 Å². The minimum absolute atomic E-state index is 0.0106. The normalized spacial score (nSPS) is 17.4. The second-order valence-electron chi connectivity index (χ2n) is 5.95. The lowest BCUT2D eigenvalue weighted by Crippen LogP contribution is -2.35. The summed E-state index contributed by atoms with van der Waals surface area (Å²) in [5.41, 5.74) is 0.824. The van der Waals surface area contributed by atoms with Crippen LogP contribution >= 0.6 is 0 Å². The van der Waals surface area contributed by atoms with Crippen LogP contribution in [0.5, 0.6) is 5.75 Å². The number of unbranched alkanes of at least 4 members (excludes halogenated alkanes) is 1. The largest absolute Gasteiger partial charge is 0.494 e. The highest BCUT2D eigenvalue weighted by Crippen LogP contribution is 2.27. The summed E-state index contributed by atoms with van der Waals surface area (Å²) in [4.78, 5) is 28.2. The summed E-state index contributed by atoms with van der Waals surface area (Å²) in [6, 6.07) is 7.45. The Labute approximate surface area is 138 Å². The number of rotatable bonds is 7. The van der Waals surface area contributed by atoms with Crippen LogP contribution in [0.2, 0.25) is 0 Å². The Morgan fingerprint density at radius 2 is 2.00 bits per heavy atom. The Balaban J connectivity index is 2.00. The fourth-order valence-corrected chi connectivity index (χ4v) is 2.83. The van der Waals surface area contributed by atoms with E-state index in [1.165, 1.54) is 0 Å². The minimum atomic E-state index is -0.240. The van der Waals surface area contributed by atoms with E-state index in [1.807, 2.05) is 38.2 Å². The van der Waals surface area contributed by atoms with Crippen LogP contribution in [0.1, 0.15) is 33.1 Å². The van der Waals surface area contributed by atoms with Gasteiger partial charge in [0.2, 0.25) is 11.8 Å². The molecule has 1 aliphatic heterocycles. The van der Waals surface area contributed by atoms with Crippen LogP contribution in [0, 0.1) is 5.92 Å². The van der Waals surface area contributed by atoms with E-state index in [4.69, 9.17) is 4.74 Å². The Morgan fingerprint density at radius 3 is 2.61 bits per heavy atom. The number of hydrogen-bond donors (Lipinski definition) is 0. The van der Waals surface area contributed by atoms with E-state index in [9.17, 15) is 9.59 Å². The van der Waals surface area contributed by atoms with Gasteiger partial charge in [-0.1, -0.05) is 13.3 Å². The molecule has 0 aromatic heterocycles. The van der Waals surface area contributed by atoms with Crippen molar-refractivity contribution in [2.45, 2.75) is 33.1 Å². The van der Waals surface area contributed by atoms with Crippen LogP contribution in [-0.4, -0.2) is 43.5 Å². The van der Waals surface area contributed by atoms with E-state index in [2.05, 4.69) is 6.92 Å². The summed E-state index contributed by atoms with van der Waals surface area (Å²) < 4.78 is 5.41. The molecule has 2 rings (SSSR count). The quantitative estimate of drug-likeness (QED) is 0.776. The molecular weight excluding hydrogens is 292 g/mol. The third-order valence-electron chi connectivity index (χ3n) is 4.16. The molecule has 0 saturated carbocycles. The molecule has 1 atom stereocenters. The zero-order chi connectivity index (χ0) is 16.8. The molecule has 5 nitrogen and oxygen atoms in total. The van der Waals surface area contributed by atoms with Crippen molar-refractivity contribution in [1.29, 1.82) is 0 Å². The van der Waals surface area contributed by atoms with Crippen molar-refractivity contribution in [2.75, 3.05) is 31.6 Å². The molecule has 0 bridgehead atoms. The molecule has 0 N–H and O–H groups in total. The van der Waals surface area contributed by atoms with E-state index in [1.54, 1.807) is 9.80 Å². The van der Waals surface area contributed by atoms with E-state index < -0.39 is 0 Å². The van der Waals surface area contributed by atoms with Gasteiger partial charge in [-0.2, -0.15) is 0 Å². The minimum Gasteiger partial charge on any atom is -0.494 e. The van der Waals surface area contributed by atoms with E-state index in [-0.39, 0.29) is 17.7 Å². The summed E-state index contributed by atoms with van der Waals surface area (Å²) >= 11 is 0. The van der Waals surface area contributed by atoms with Gasteiger partial charge in [-0.15, -0.1) is 0 Å². The van der Waals surface area contributed by atoms with E-state index >= 15 is 0 Å². The van der Waals surface area contributed by atoms with Crippen molar-refractivity contribution in [2.24, 2.45) is 5.92 Å². The maximum atomic E-state index is 12.4. The third kappa shape index (κ3) is 4.24. The van der Waals surface area contributed by atoms with Gasteiger partial charge in [0, 0.05) is 32.2 Å². The molecule has 1 saturated heterocycles. The second-order valence-corrected chi connectivity index (χ2v) is 5.95. The summed E-state index contributed by atoms with van der Waals surface area (Å²) in [6.07, 6.45) is 2.34. The van der Waals surface area contributed by atoms with Crippen LogP contribution in [-0.2, 0) is 9.59 Å². The molecule has 0 radical (unpaired) electrons. The van der Waals surface area contributed by atoms with Crippen LogP contribution in [0.4, 0.5) is 5.69 Å². The van der Waals surface area contributed by atoms with Crippen LogP contribution < -0.4 is 9.64 Å². The van der Waals surface area contributed by atoms with Crippen LogP contribution in [0.25, 0.3) is 0 Å². The molecule has 1 unspecified atom stereocenters. The van der Waals surface area contributed by atoms with Gasteiger partial charge in [-0.25, -0.2) is 0 Å². The fourth-order valence-electron chi connectivity index (χ4n) is 2.83. The molecule has 1 aliphatic rings. The predicted molar refractivity (Wildman–Crippen MR) is 90.6 cm³/mol. The van der Waals surface area contributed by atoms with Gasteiger partial charge >= 0.3 is 0 Å². The molecular formula is C18H26N2O3. The van der Waals surface area contributed by atoms with Crippen molar-refractivity contribution in [3.05, 3.63) is 24.3 Å². The Hall–Kier alpha value is -2.04. The SMILES string of the molecule is CCCCN(C)C(=O)C1CC(=O)N(c2ccc(OCC)cc2)C1. The van der Waals surface area contributed by atoms with Crippen LogP contribution in [0.3, 0.4) is 0 Å². The highest BCUT2D eigenvalue weighted by atomic mass is 16.5. The lowest BCUT2D eigenvalue weighted by molar-refractivity contribution is -0.134. The maximum absolute atomic E-state index is 12.4. The lowest BCUT2D eigenvalue weighted by Gasteiger charge is -2.21. The van der Waals surface area contributed by atoms with Crippen molar-refractivity contribution in [1.82, 2.24) is 4.90 Å². The lowest BCUT2D eigenvalue weighted by atomic mass is 10.1. The van der Waals surface area contributed by atoms with Crippen molar-refractivity contribution >= 4 is 17.5 Å². The summed E-state index contributed by atoms with van der Waals surface area (Å²) in [6.45, 7) is 5.86. The standard InChI is InChI=1S/C18H26N2O3/c1-4-6-11-19(3)18(22)14-12-17(21)20(13-14)15-7-9-16(10-8-15)23-5-2/h7-10,14H,4-6,11-13H2,1-3H3. The molecule has 1 heterocycles. The molecule has 126 valence electrons. The van der Waals surface area contributed by atoms with E-state index in [0.29, 0.717) is 19.6 Å². The van der Waals surface area contributed by atoms with Gasteiger partial charge in [0.15, 0.2) is 0 Å². The average Bonchev–Trinajstić information content (AvgIpc) is 2.94. The predicted octanol–water partition coefficient (Wildman–Crippen LogP) is 2.70. The number of anilines is 1. The van der Waals surface area contributed by atoms with Gasteiger partial charge in [0.1, 0.15) is 5.75 Å². The molecule has 2 amide bonds. The van der Waals surface area contributed by atoms with Gasteiger partial charge < -0.3 is 14.5 Å². The highest BCUT2D eigenvalue weighted by Gasteiger charge is 2.36. The van der Waals surface area contributed by atoms with Gasteiger partial charge in [0.25, 0.3) is 0 Å². The first kappa shape index (κ1) is 17.3. The monoisotopic (exact) mass is 318 g/mol. The number of ether oxygens (including phenoxy) is 1. The third-order valence-corrected chi connectivity index (χ3v) is 4.16. The number of benzene rings is 1. The summed E-state index contributed by atoms with van der Waals surface area (Å²) in [7, 11) is 1.82. The van der Waals surface area contributed by atoms with Crippen molar-refractivity contribution in [3.63, 3.8) is 0 Å². The average molecular weight is 318 g/mol.